The van der Waals surface area contributed by atoms with Gasteiger partial charge >= 0.3 is 0 Å². The van der Waals surface area contributed by atoms with Crippen LogP contribution in [-0.4, -0.2) is 15.5 Å². The van der Waals surface area contributed by atoms with Crippen LogP contribution in [0.15, 0.2) is 12.4 Å². The van der Waals surface area contributed by atoms with Gasteiger partial charge in [0.2, 0.25) is 5.91 Å². The van der Waals surface area contributed by atoms with Crippen LogP contribution in [0.5, 0.6) is 0 Å². The van der Waals surface area contributed by atoms with Crippen molar-refractivity contribution in [3.8, 4) is 0 Å². The van der Waals surface area contributed by atoms with Crippen LogP contribution in [0.2, 0.25) is 0 Å². The summed E-state index contributed by atoms with van der Waals surface area (Å²) in [7, 11) is 1.93. The van der Waals surface area contributed by atoms with Crippen LogP contribution in [-0.2, 0) is 18.4 Å². The van der Waals surface area contributed by atoms with Crippen LogP contribution >= 0.6 is 0 Å². The summed E-state index contributed by atoms with van der Waals surface area (Å²) in [5.41, 5.74) is 0. The number of aromatic nitrogens is 2. The van der Waals surface area contributed by atoms with Gasteiger partial charge in [0.25, 0.3) is 0 Å². The Hall–Kier alpha value is -1.32. The van der Waals surface area contributed by atoms with Gasteiger partial charge < -0.3 is 9.88 Å². The number of hydrogen-bond donors (Lipinski definition) is 1. The minimum Gasteiger partial charge on any atom is -0.349 e. The average molecular weight is 207 g/mol. The van der Waals surface area contributed by atoms with E-state index in [9.17, 15) is 4.79 Å². The number of rotatable bonds is 3. The standard InChI is InChI=1S/C11H17N3O/c1-14-7-6-12-10(14)8-13-11(15)9-4-2-3-5-9/h6-7,9H,2-5,8H2,1H3,(H,13,15). The normalized spacial score (nSPS) is 16.9. The number of nitrogens with one attached hydrogen (secondary N) is 1. The molecule has 1 N–H and O–H groups in total. The molecule has 1 amide bonds. The first kappa shape index (κ1) is 10.2. The maximum Gasteiger partial charge on any atom is 0.223 e. The van der Waals surface area contributed by atoms with E-state index < -0.39 is 0 Å². The molecular formula is C11H17N3O. The van der Waals surface area contributed by atoms with Crippen molar-refractivity contribution < 1.29 is 4.79 Å². The average Bonchev–Trinajstić information content (AvgIpc) is 2.85. The van der Waals surface area contributed by atoms with Crippen molar-refractivity contribution in [3.63, 3.8) is 0 Å². The highest BCUT2D eigenvalue weighted by atomic mass is 16.1. The topological polar surface area (TPSA) is 46.9 Å². The van der Waals surface area contributed by atoms with Gasteiger partial charge in [-0.05, 0) is 12.8 Å². The molecule has 0 unspecified atom stereocenters. The van der Waals surface area contributed by atoms with Gasteiger partial charge in [0.05, 0.1) is 6.54 Å². The van der Waals surface area contributed by atoms with E-state index in [4.69, 9.17) is 0 Å². The fourth-order valence-electron chi connectivity index (χ4n) is 2.07. The van der Waals surface area contributed by atoms with Crippen molar-refractivity contribution in [1.29, 1.82) is 0 Å². The van der Waals surface area contributed by atoms with Crippen molar-refractivity contribution in [2.45, 2.75) is 32.2 Å². The van der Waals surface area contributed by atoms with Gasteiger partial charge in [0.15, 0.2) is 0 Å². The molecule has 0 aromatic carbocycles. The van der Waals surface area contributed by atoms with E-state index in [1.54, 1.807) is 6.20 Å². The summed E-state index contributed by atoms with van der Waals surface area (Å²) in [5.74, 6) is 1.34. The number of amides is 1. The SMILES string of the molecule is Cn1ccnc1CNC(=O)C1CCCC1. The van der Waals surface area contributed by atoms with Gasteiger partial charge in [-0.25, -0.2) is 4.98 Å². The smallest absolute Gasteiger partial charge is 0.223 e. The van der Waals surface area contributed by atoms with Gasteiger partial charge in [-0.3, -0.25) is 4.79 Å². The molecule has 1 aliphatic rings. The van der Waals surface area contributed by atoms with Gasteiger partial charge in [-0.15, -0.1) is 0 Å². The van der Waals surface area contributed by atoms with E-state index in [-0.39, 0.29) is 11.8 Å². The number of hydrogen-bond acceptors (Lipinski definition) is 2. The molecule has 4 nitrogen and oxygen atoms in total. The molecule has 1 heterocycles. The number of carbonyl (C=O) groups is 1. The predicted octanol–water partition coefficient (Wildman–Crippen LogP) is 1.23. The molecule has 0 saturated heterocycles. The Labute approximate surface area is 89.7 Å². The highest BCUT2D eigenvalue weighted by molar-refractivity contribution is 5.78. The lowest BCUT2D eigenvalue weighted by molar-refractivity contribution is -0.125. The molecule has 1 fully saturated rings. The van der Waals surface area contributed by atoms with Gasteiger partial charge in [0, 0.05) is 25.4 Å². The maximum atomic E-state index is 11.7. The van der Waals surface area contributed by atoms with E-state index in [2.05, 4.69) is 10.3 Å². The third-order valence-corrected chi connectivity index (χ3v) is 3.07. The van der Waals surface area contributed by atoms with Crippen molar-refractivity contribution in [2.24, 2.45) is 13.0 Å². The molecule has 82 valence electrons. The Morgan fingerprint density at radius 2 is 2.33 bits per heavy atom. The molecular weight excluding hydrogens is 190 g/mol. The van der Waals surface area contributed by atoms with E-state index in [0.29, 0.717) is 6.54 Å². The molecule has 15 heavy (non-hydrogen) atoms. The Morgan fingerprint density at radius 1 is 1.60 bits per heavy atom. The molecule has 4 heteroatoms. The van der Waals surface area contributed by atoms with Crippen LogP contribution in [0.1, 0.15) is 31.5 Å². The predicted molar refractivity (Wildman–Crippen MR) is 57.0 cm³/mol. The second-order valence-corrected chi connectivity index (χ2v) is 4.15. The quantitative estimate of drug-likeness (QED) is 0.810. The summed E-state index contributed by atoms with van der Waals surface area (Å²) in [6.07, 6.45) is 8.12. The zero-order chi connectivity index (χ0) is 10.7. The fraction of sp³-hybridized carbons (Fsp3) is 0.636. The number of carbonyl (C=O) groups excluding carboxylic acids is 1. The summed E-state index contributed by atoms with van der Waals surface area (Å²) in [6.45, 7) is 0.541. The molecule has 1 aliphatic carbocycles. The first-order chi connectivity index (χ1) is 7.27. The fourth-order valence-corrected chi connectivity index (χ4v) is 2.07. The molecule has 0 radical (unpaired) electrons. The summed E-state index contributed by atoms with van der Waals surface area (Å²) in [4.78, 5) is 15.9. The van der Waals surface area contributed by atoms with Gasteiger partial charge in [-0.2, -0.15) is 0 Å². The molecule has 0 atom stereocenters. The Bertz CT molecular complexity index is 339. The third kappa shape index (κ3) is 2.37. The minimum atomic E-state index is 0.190. The maximum absolute atomic E-state index is 11.7. The summed E-state index contributed by atoms with van der Waals surface area (Å²) in [6, 6.07) is 0. The van der Waals surface area contributed by atoms with Crippen LogP contribution in [0, 0.1) is 5.92 Å². The zero-order valence-electron chi connectivity index (χ0n) is 9.07. The van der Waals surface area contributed by atoms with Crippen molar-refractivity contribution >= 4 is 5.91 Å². The van der Waals surface area contributed by atoms with Crippen LogP contribution in [0.4, 0.5) is 0 Å². The number of nitrogens with zero attached hydrogens (tertiary/aromatic N) is 2. The lowest BCUT2D eigenvalue weighted by Crippen LogP contribution is -2.29. The largest absolute Gasteiger partial charge is 0.349 e. The summed E-state index contributed by atoms with van der Waals surface area (Å²) >= 11 is 0. The summed E-state index contributed by atoms with van der Waals surface area (Å²) < 4.78 is 1.93. The number of imidazole rings is 1. The van der Waals surface area contributed by atoms with Gasteiger partial charge in [-0.1, -0.05) is 12.8 Å². The Morgan fingerprint density at radius 3 is 2.93 bits per heavy atom. The molecule has 1 saturated carbocycles. The highest BCUT2D eigenvalue weighted by Gasteiger charge is 2.22. The van der Waals surface area contributed by atoms with Crippen LogP contribution in [0.3, 0.4) is 0 Å². The number of aryl methyl sites for hydroxylation is 1. The lowest BCUT2D eigenvalue weighted by atomic mass is 10.1. The van der Waals surface area contributed by atoms with E-state index in [1.165, 1.54) is 12.8 Å². The minimum absolute atomic E-state index is 0.190. The van der Waals surface area contributed by atoms with Crippen molar-refractivity contribution in [1.82, 2.24) is 14.9 Å². The zero-order valence-corrected chi connectivity index (χ0v) is 9.07. The molecule has 0 spiro atoms. The van der Waals surface area contributed by atoms with Crippen molar-refractivity contribution in [2.75, 3.05) is 0 Å². The molecule has 0 bridgehead atoms. The Balaban J connectivity index is 1.83. The van der Waals surface area contributed by atoms with Gasteiger partial charge in [0.1, 0.15) is 5.82 Å². The monoisotopic (exact) mass is 207 g/mol. The molecule has 2 rings (SSSR count). The molecule has 0 aliphatic heterocycles. The first-order valence-electron chi connectivity index (χ1n) is 5.51. The van der Waals surface area contributed by atoms with Crippen LogP contribution in [0.25, 0.3) is 0 Å². The third-order valence-electron chi connectivity index (χ3n) is 3.07. The molecule has 1 aromatic rings. The summed E-state index contributed by atoms with van der Waals surface area (Å²) in [5, 5.41) is 2.95. The second-order valence-electron chi connectivity index (χ2n) is 4.15. The van der Waals surface area contributed by atoms with Crippen molar-refractivity contribution in [3.05, 3.63) is 18.2 Å². The highest BCUT2D eigenvalue weighted by Crippen LogP contribution is 2.24. The van der Waals surface area contributed by atoms with E-state index >= 15 is 0 Å². The van der Waals surface area contributed by atoms with E-state index in [0.717, 1.165) is 18.7 Å². The second kappa shape index (κ2) is 4.47. The lowest BCUT2D eigenvalue weighted by Gasteiger charge is -2.09. The Kier molecular flexibility index (Phi) is 3.04. The molecule has 1 aromatic heterocycles. The van der Waals surface area contributed by atoms with Crippen LogP contribution < -0.4 is 5.32 Å². The first-order valence-corrected chi connectivity index (χ1v) is 5.51. The van der Waals surface area contributed by atoms with E-state index in [1.807, 2.05) is 17.8 Å².